The van der Waals surface area contributed by atoms with E-state index in [-0.39, 0.29) is 18.9 Å². The van der Waals surface area contributed by atoms with Crippen molar-refractivity contribution in [3.05, 3.63) is 38.5 Å². The first-order valence-electron chi connectivity index (χ1n) is 5.85. The molecule has 1 aliphatic heterocycles. The van der Waals surface area contributed by atoms with Crippen LogP contribution in [-0.4, -0.2) is 37.9 Å². The molecule has 0 fully saturated rings. The second kappa shape index (κ2) is 5.02. The molecule has 3 heterocycles. The van der Waals surface area contributed by atoms with Gasteiger partial charge in [0.15, 0.2) is 0 Å². The first kappa shape index (κ1) is 13.3. The lowest BCUT2D eigenvalue weighted by molar-refractivity contribution is -0.142. The maximum Gasteiger partial charge on any atom is 0.326 e. The van der Waals surface area contributed by atoms with Gasteiger partial charge in [0, 0.05) is 11.8 Å². The molecule has 3 rings (SSSR count). The summed E-state index contributed by atoms with van der Waals surface area (Å²) in [6.45, 7) is 0.235. The lowest BCUT2D eigenvalue weighted by Gasteiger charge is -2.32. The summed E-state index contributed by atoms with van der Waals surface area (Å²) in [4.78, 5) is 32.3. The van der Waals surface area contributed by atoms with Gasteiger partial charge in [-0.05, 0) is 22.0 Å². The Bertz CT molecular complexity index is 681. The van der Waals surface area contributed by atoms with Gasteiger partial charge in [-0.1, -0.05) is 0 Å². The average Bonchev–Trinajstić information content (AvgIpc) is 3.04. The maximum atomic E-state index is 12.5. The lowest BCUT2D eigenvalue weighted by atomic mass is 10.0. The number of aromatic amines is 1. The van der Waals surface area contributed by atoms with Crippen molar-refractivity contribution in [3.8, 4) is 0 Å². The molecule has 0 bridgehead atoms. The van der Waals surface area contributed by atoms with Crippen LogP contribution in [0.5, 0.6) is 0 Å². The zero-order valence-corrected chi connectivity index (χ0v) is 12.6. The highest BCUT2D eigenvalue weighted by Crippen LogP contribution is 2.26. The van der Waals surface area contributed by atoms with E-state index in [1.165, 1.54) is 22.6 Å². The van der Waals surface area contributed by atoms with Crippen molar-refractivity contribution in [3.63, 3.8) is 0 Å². The van der Waals surface area contributed by atoms with Crippen LogP contribution >= 0.6 is 27.3 Å². The molecular weight excluding hydrogens is 346 g/mol. The van der Waals surface area contributed by atoms with Crippen LogP contribution in [0.1, 0.15) is 21.7 Å². The largest absolute Gasteiger partial charge is 0.480 e. The van der Waals surface area contributed by atoms with E-state index >= 15 is 0 Å². The molecular formula is C12H10BrN3O3S. The van der Waals surface area contributed by atoms with Gasteiger partial charge in [-0.25, -0.2) is 9.78 Å². The van der Waals surface area contributed by atoms with E-state index in [4.69, 9.17) is 0 Å². The van der Waals surface area contributed by atoms with Crippen LogP contribution in [0.25, 0.3) is 0 Å². The molecule has 0 saturated heterocycles. The number of carboxylic acids is 1. The predicted octanol–water partition coefficient (Wildman–Crippen LogP) is 1.89. The maximum absolute atomic E-state index is 12.5. The number of aromatic nitrogens is 2. The lowest BCUT2D eigenvalue weighted by Crippen LogP contribution is -2.48. The Morgan fingerprint density at radius 3 is 3.00 bits per heavy atom. The molecule has 2 aromatic heterocycles. The number of halogens is 1. The third-order valence-corrected chi connectivity index (χ3v) is 4.76. The van der Waals surface area contributed by atoms with Gasteiger partial charge in [-0.2, -0.15) is 0 Å². The molecule has 104 valence electrons. The summed E-state index contributed by atoms with van der Waals surface area (Å²) in [7, 11) is 0. The Hall–Kier alpha value is -1.67. The number of carbonyl (C=O) groups is 2. The zero-order chi connectivity index (χ0) is 14.3. The molecule has 8 heteroatoms. The molecule has 1 unspecified atom stereocenters. The fourth-order valence-electron chi connectivity index (χ4n) is 2.26. The summed E-state index contributed by atoms with van der Waals surface area (Å²) in [5, 5.41) is 11.1. The molecule has 0 aromatic carbocycles. The van der Waals surface area contributed by atoms with Crippen LogP contribution in [0.15, 0.2) is 21.6 Å². The highest BCUT2D eigenvalue weighted by Gasteiger charge is 2.36. The molecule has 2 N–H and O–H groups in total. The van der Waals surface area contributed by atoms with Gasteiger partial charge < -0.3 is 15.0 Å². The topological polar surface area (TPSA) is 86.3 Å². The van der Waals surface area contributed by atoms with Crippen molar-refractivity contribution in [2.45, 2.75) is 19.0 Å². The van der Waals surface area contributed by atoms with E-state index < -0.39 is 12.0 Å². The van der Waals surface area contributed by atoms with Gasteiger partial charge in [-0.15, -0.1) is 11.3 Å². The average molecular weight is 356 g/mol. The Morgan fingerprint density at radius 1 is 1.55 bits per heavy atom. The van der Waals surface area contributed by atoms with Crippen LogP contribution in [0, 0.1) is 0 Å². The molecule has 1 atom stereocenters. The first-order chi connectivity index (χ1) is 9.56. The summed E-state index contributed by atoms with van der Waals surface area (Å²) in [6.07, 6.45) is 1.75. The Kier molecular flexibility index (Phi) is 3.35. The number of aliphatic carboxylic acids is 1. The molecule has 1 amide bonds. The number of imidazole rings is 1. The number of hydrogen-bond donors (Lipinski definition) is 2. The number of carboxylic acid groups (broad SMARTS) is 1. The van der Waals surface area contributed by atoms with Crippen molar-refractivity contribution in [2.75, 3.05) is 0 Å². The van der Waals surface area contributed by atoms with Gasteiger partial charge in [0.2, 0.25) is 0 Å². The van der Waals surface area contributed by atoms with Gasteiger partial charge in [0.1, 0.15) is 6.04 Å². The van der Waals surface area contributed by atoms with E-state index in [0.29, 0.717) is 11.3 Å². The molecule has 2 aromatic rings. The summed E-state index contributed by atoms with van der Waals surface area (Å²) >= 11 is 4.70. The van der Waals surface area contributed by atoms with Crippen LogP contribution in [0.3, 0.4) is 0 Å². The van der Waals surface area contributed by atoms with Gasteiger partial charge in [0.05, 0.1) is 33.6 Å². The highest BCUT2D eigenvalue weighted by molar-refractivity contribution is 9.11. The Balaban J connectivity index is 1.94. The van der Waals surface area contributed by atoms with Crippen LogP contribution in [0.2, 0.25) is 0 Å². The van der Waals surface area contributed by atoms with Crippen molar-refractivity contribution < 1.29 is 14.7 Å². The highest BCUT2D eigenvalue weighted by atomic mass is 79.9. The molecule has 20 heavy (non-hydrogen) atoms. The van der Waals surface area contributed by atoms with E-state index in [2.05, 4.69) is 25.9 Å². The summed E-state index contributed by atoms with van der Waals surface area (Å²) < 4.78 is 0.840. The number of nitrogens with zero attached hydrogens (tertiary/aromatic N) is 2. The summed E-state index contributed by atoms with van der Waals surface area (Å²) in [6, 6.07) is 0.825. The fraction of sp³-hybridized carbons (Fsp3) is 0.250. The van der Waals surface area contributed by atoms with Crippen molar-refractivity contribution in [1.82, 2.24) is 14.9 Å². The predicted molar refractivity (Wildman–Crippen MR) is 75.6 cm³/mol. The molecule has 6 nitrogen and oxygen atoms in total. The van der Waals surface area contributed by atoms with E-state index in [1.54, 1.807) is 11.4 Å². The van der Waals surface area contributed by atoms with Crippen LogP contribution in [-0.2, 0) is 17.8 Å². The summed E-state index contributed by atoms with van der Waals surface area (Å²) in [5.74, 6) is -1.29. The van der Waals surface area contributed by atoms with Gasteiger partial charge >= 0.3 is 5.97 Å². The zero-order valence-electron chi connectivity index (χ0n) is 10.2. The quantitative estimate of drug-likeness (QED) is 0.860. The van der Waals surface area contributed by atoms with Crippen molar-refractivity contribution in [1.29, 1.82) is 0 Å². The Labute approximate surface area is 126 Å². The number of H-pyrrole nitrogens is 1. The number of amides is 1. The number of carbonyl (C=O) groups excluding carboxylic acids is 1. The Morgan fingerprint density at radius 2 is 2.35 bits per heavy atom. The number of fused-ring (bicyclic) bond motifs is 1. The van der Waals surface area contributed by atoms with Gasteiger partial charge in [0.25, 0.3) is 5.91 Å². The summed E-state index contributed by atoms with van der Waals surface area (Å²) in [5.41, 5.74) is 2.01. The molecule has 0 aliphatic carbocycles. The third kappa shape index (κ3) is 2.25. The van der Waals surface area contributed by atoms with Crippen LogP contribution in [0.4, 0.5) is 0 Å². The minimum Gasteiger partial charge on any atom is -0.480 e. The van der Waals surface area contributed by atoms with E-state index in [0.717, 1.165) is 9.48 Å². The van der Waals surface area contributed by atoms with Crippen molar-refractivity contribution in [2.24, 2.45) is 0 Å². The molecule has 0 radical (unpaired) electrons. The molecule has 1 aliphatic rings. The monoisotopic (exact) mass is 355 g/mol. The van der Waals surface area contributed by atoms with Crippen molar-refractivity contribution >= 4 is 39.1 Å². The number of nitrogens with one attached hydrogen (secondary N) is 1. The second-order valence-electron chi connectivity index (χ2n) is 4.46. The first-order valence-corrected chi connectivity index (χ1v) is 7.52. The number of hydrogen-bond acceptors (Lipinski definition) is 4. The molecule has 0 spiro atoms. The van der Waals surface area contributed by atoms with E-state index in [1.807, 2.05) is 0 Å². The minimum atomic E-state index is -1.01. The fourth-order valence-corrected chi connectivity index (χ4v) is 3.39. The number of thiophene rings is 1. The number of rotatable bonds is 2. The van der Waals surface area contributed by atoms with Gasteiger partial charge in [-0.3, -0.25) is 4.79 Å². The molecule has 0 saturated carbocycles. The second-order valence-corrected chi connectivity index (χ2v) is 6.75. The SMILES string of the molecule is O=C(O)C1Cc2nc[nH]c2CN1C(=O)c1csc(Br)c1. The smallest absolute Gasteiger partial charge is 0.326 e. The third-order valence-electron chi connectivity index (χ3n) is 3.26. The standard InChI is InChI=1S/C12H10BrN3O3S/c13-10-1-6(4-20-10)11(17)16-3-8-7(14-5-15-8)2-9(16)12(18)19/h1,4-5,9H,2-3H2,(H,14,15)(H,18,19). The van der Waals surface area contributed by atoms with E-state index in [9.17, 15) is 14.7 Å². The van der Waals surface area contributed by atoms with Crippen LogP contribution < -0.4 is 0 Å². The minimum absolute atomic E-state index is 0.227. The normalized spacial score (nSPS) is 17.9.